The van der Waals surface area contributed by atoms with Crippen molar-refractivity contribution in [2.45, 2.75) is 24.9 Å². The smallest absolute Gasteiger partial charge is 0.390 e. The van der Waals surface area contributed by atoms with E-state index in [0.717, 1.165) is 16.9 Å². The first kappa shape index (κ1) is 15.8. The molecule has 118 valence electrons. The number of likely N-dealkylation sites (N-methyl/N-ethyl adjacent to an activating group) is 1. The third kappa shape index (κ3) is 3.53. The topological polar surface area (TPSA) is 61.6 Å². The summed E-state index contributed by atoms with van der Waals surface area (Å²) in [6.07, 6.45) is -4.06. The van der Waals surface area contributed by atoms with Crippen LogP contribution in [0.15, 0.2) is 12.3 Å². The molecule has 1 aliphatic heterocycles. The van der Waals surface area contributed by atoms with E-state index in [0.29, 0.717) is 6.54 Å². The normalized spacial score (nSPS) is 23.1. The molecule has 2 atom stereocenters. The van der Waals surface area contributed by atoms with Crippen molar-refractivity contribution in [2.24, 2.45) is 0 Å². The van der Waals surface area contributed by atoms with Crippen LogP contribution in [0.1, 0.15) is 5.69 Å². The minimum Gasteiger partial charge on any atom is -0.390 e. The van der Waals surface area contributed by atoms with E-state index in [1.165, 1.54) is 4.90 Å². The van der Waals surface area contributed by atoms with Crippen molar-refractivity contribution in [3.05, 3.63) is 18.0 Å². The highest BCUT2D eigenvalue weighted by Crippen LogP contribution is 2.27. The summed E-state index contributed by atoms with van der Waals surface area (Å²) in [6, 6.07) is 0.659. The maximum atomic E-state index is 12.4. The van der Waals surface area contributed by atoms with Crippen molar-refractivity contribution in [3.63, 3.8) is 0 Å². The minimum absolute atomic E-state index is 0.169. The van der Waals surface area contributed by atoms with E-state index in [9.17, 15) is 23.1 Å². The Morgan fingerprint density at radius 1 is 1.48 bits per heavy atom. The zero-order chi connectivity index (χ0) is 15.8. The van der Waals surface area contributed by atoms with Gasteiger partial charge in [0.1, 0.15) is 6.54 Å². The predicted molar refractivity (Wildman–Crippen MR) is 67.3 cm³/mol. The molecule has 6 nitrogen and oxygen atoms in total. The summed E-state index contributed by atoms with van der Waals surface area (Å²) in [5, 5.41) is 13.2. The van der Waals surface area contributed by atoms with Gasteiger partial charge in [-0.05, 0) is 20.2 Å². The molecule has 1 amide bonds. The summed E-state index contributed by atoms with van der Waals surface area (Å²) in [4.78, 5) is 15.3. The number of amides is 1. The van der Waals surface area contributed by atoms with E-state index in [2.05, 4.69) is 5.10 Å². The number of halogens is 3. The van der Waals surface area contributed by atoms with Crippen LogP contribution in [0.4, 0.5) is 13.2 Å². The molecule has 1 aromatic rings. The molecule has 9 heteroatoms. The monoisotopic (exact) mass is 306 g/mol. The van der Waals surface area contributed by atoms with Gasteiger partial charge in [0, 0.05) is 19.3 Å². The fourth-order valence-electron chi connectivity index (χ4n) is 2.32. The van der Waals surface area contributed by atoms with E-state index in [1.807, 2.05) is 4.90 Å². The lowest BCUT2D eigenvalue weighted by atomic mass is 10.2. The van der Waals surface area contributed by atoms with Crippen LogP contribution in [-0.4, -0.2) is 69.9 Å². The molecule has 0 aromatic carbocycles. The van der Waals surface area contributed by atoms with Crippen LogP contribution < -0.4 is 0 Å². The van der Waals surface area contributed by atoms with Gasteiger partial charge in [0.25, 0.3) is 0 Å². The number of rotatable bonds is 3. The fraction of sp³-hybridized carbons (Fsp3) is 0.667. The Morgan fingerprint density at radius 2 is 2.14 bits per heavy atom. The van der Waals surface area contributed by atoms with Gasteiger partial charge in [-0.15, -0.1) is 0 Å². The Labute approximate surface area is 119 Å². The van der Waals surface area contributed by atoms with Crippen LogP contribution in [0.3, 0.4) is 0 Å². The number of alkyl halides is 3. The lowest BCUT2D eigenvalue weighted by Gasteiger charge is -2.21. The number of aliphatic hydroxyl groups excluding tert-OH is 1. The molecule has 0 bridgehead atoms. The zero-order valence-electron chi connectivity index (χ0n) is 11.7. The molecule has 2 rings (SSSR count). The number of hydrogen-bond donors (Lipinski definition) is 1. The number of hydrogen-bond acceptors (Lipinski definition) is 4. The molecule has 0 radical (unpaired) electrons. The lowest BCUT2D eigenvalue weighted by Crippen LogP contribution is -2.38. The summed E-state index contributed by atoms with van der Waals surface area (Å²) >= 11 is 0. The van der Waals surface area contributed by atoms with E-state index in [4.69, 9.17) is 0 Å². The molecular formula is C12H17F3N4O2. The molecule has 1 saturated heterocycles. The van der Waals surface area contributed by atoms with Crippen molar-refractivity contribution >= 4 is 5.91 Å². The van der Waals surface area contributed by atoms with Crippen molar-refractivity contribution in [2.75, 3.05) is 27.2 Å². The Kier molecular flexibility index (Phi) is 4.24. The zero-order valence-corrected chi connectivity index (χ0v) is 11.7. The molecule has 21 heavy (non-hydrogen) atoms. The van der Waals surface area contributed by atoms with Crippen molar-refractivity contribution in [1.29, 1.82) is 0 Å². The Morgan fingerprint density at radius 3 is 2.62 bits per heavy atom. The molecular weight excluding hydrogens is 289 g/mol. The molecule has 0 unspecified atom stereocenters. The standard InChI is InChI=1S/C12H17F3N4O2/c1-17(2)8-5-18(6-9(8)20)11(21)7-19-4-3-10(16-19)12(13,14)15/h3-4,8-9,20H,5-7H2,1-2H3/t8-,9-/m1/s1. The number of nitrogens with zero attached hydrogens (tertiary/aromatic N) is 4. The average Bonchev–Trinajstić information content (AvgIpc) is 2.94. The number of carbonyl (C=O) groups excluding carboxylic acids is 1. The first-order chi connectivity index (χ1) is 9.68. The van der Waals surface area contributed by atoms with Crippen LogP contribution >= 0.6 is 0 Å². The summed E-state index contributed by atoms with van der Waals surface area (Å²) in [6.45, 7) is 0.248. The van der Waals surface area contributed by atoms with Gasteiger partial charge in [-0.3, -0.25) is 9.48 Å². The highest BCUT2D eigenvalue weighted by atomic mass is 19.4. The maximum absolute atomic E-state index is 12.4. The van der Waals surface area contributed by atoms with Gasteiger partial charge in [0.05, 0.1) is 12.1 Å². The van der Waals surface area contributed by atoms with Gasteiger partial charge in [-0.25, -0.2) is 0 Å². The number of likely N-dealkylation sites (tertiary alicyclic amines) is 1. The second-order valence-corrected chi connectivity index (χ2v) is 5.29. The number of β-amino-alcohol motifs (C(OH)–C–C–N with tert-alkyl or cyclic N) is 1. The molecule has 0 spiro atoms. The molecule has 1 aliphatic rings. The van der Waals surface area contributed by atoms with Crippen LogP contribution in [0.2, 0.25) is 0 Å². The molecule has 0 aliphatic carbocycles. The Hall–Kier alpha value is -1.61. The second-order valence-electron chi connectivity index (χ2n) is 5.29. The first-order valence-electron chi connectivity index (χ1n) is 6.41. The van der Waals surface area contributed by atoms with Gasteiger partial charge in [-0.1, -0.05) is 0 Å². The lowest BCUT2D eigenvalue weighted by molar-refractivity contribution is -0.142. The van der Waals surface area contributed by atoms with Crippen molar-refractivity contribution in [3.8, 4) is 0 Å². The molecule has 1 aromatic heterocycles. The third-order valence-electron chi connectivity index (χ3n) is 3.50. The molecule has 2 heterocycles. The third-order valence-corrected chi connectivity index (χ3v) is 3.50. The van der Waals surface area contributed by atoms with Gasteiger partial charge in [0.2, 0.25) is 5.91 Å². The Bertz CT molecular complexity index is 515. The van der Waals surface area contributed by atoms with E-state index >= 15 is 0 Å². The number of aliphatic hydroxyl groups is 1. The van der Waals surface area contributed by atoms with E-state index in [1.54, 1.807) is 14.1 Å². The number of aromatic nitrogens is 2. The highest BCUT2D eigenvalue weighted by molar-refractivity contribution is 5.76. The fourth-order valence-corrected chi connectivity index (χ4v) is 2.32. The maximum Gasteiger partial charge on any atom is 0.435 e. The SMILES string of the molecule is CN(C)[C@@H]1CN(C(=O)Cn2ccc(C(F)(F)F)n2)C[C@H]1O. The largest absolute Gasteiger partial charge is 0.435 e. The molecule has 0 saturated carbocycles. The van der Waals surface area contributed by atoms with Crippen molar-refractivity contribution in [1.82, 2.24) is 19.6 Å². The van der Waals surface area contributed by atoms with Gasteiger partial charge in [0.15, 0.2) is 5.69 Å². The summed E-state index contributed by atoms with van der Waals surface area (Å²) in [5.41, 5.74) is -1.03. The van der Waals surface area contributed by atoms with Crippen LogP contribution in [0.5, 0.6) is 0 Å². The van der Waals surface area contributed by atoms with Crippen LogP contribution in [0, 0.1) is 0 Å². The summed E-state index contributed by atoms with van der Waals surface area (Å²) < 4.78 is 38.2. The second kappa shape index (κ2) is 5.64. The van der Waals surface area contributed by atoms with Gasteiger partial charge < -0.3 is 14.9 Å². The average molecular weight is 306 g/mol. The number of carbonyl (C=O) groups is 1. The van der Waals surface area contributed by atoms with Crippen molar-refractivity contribution < 1.29 is 23.1 Å². The minimum atomic E-state index is -4.52. The highest BCUT2D eigenvalue weighted by Gasteiger charge is 2.36. The first-order valence-corrected chi connectivity index (χ1v) is 6.41. The molecule has 1 N–H and O–H groups in total. The quantitative estimate of drug-likeness (QED) is 0.856. The summed E-state index contributed by atoms with van der Waals surface area (Å²) in [5.74, 6) is -0.366. The summed E-state index contributed by atoms with van der Waals surface area (Å²) in [7, 11) is 3.59. The van der Waals surface area contributed by atoms with E-state index < -0.39 is 18.0 Å². The van der Waals surface area contributed by atoms with Crippen LogP contribution in [0.25, 0.3) is 0 Å². The Balaban J connectivity index is 1.98. The van der Waals surface area contributed by atoms with Crippen LogP contribution in [-0.2, 0) is 17.5 Å². The molecule has 1 fully saturated rings. The van der Waals surface area contributed by atoms with Gasteiger partial charge >= 0.3 is 6.18 Å². The van der Waals surface area contributed by atoms with E-state index in [-0.39, 0.29) is 25.0 Å². The predicted octanol–water partition coefficient (Wildman–Crippen LogP) is 0.0352. The van der Waals surface area contributed by atoms with Gasteiger partial charge in [-0.2, -0.15) is 18.3 Å².